The summed E-state index contributed by atoms with van der Waals surface area (Å²) in [7, 11) is 0. The first-order valence-corrected chi connectivity index (χ1v) is 8.54. The van der Waals surface area contributed by atoms with Gasteiger partial charge in [-0.05, 0) is 25.3 Å². The smallest absolute Gasteiger partial charge is 0.300 e. The second kappa shape index (κ2) is 5.61. The number of fused-ring (bicyclic) bond motifs is 1. The molecule has 1 saturated carbocycles. The van der Waals surface area contributed by atoms with Gasteiger partial charge in [-0.2, -0.15) is 4.98 Å². The molecule has 6 heteroatoms. The molecule has 4 nitrogen and oxygen atoms in total. The van der Waals surface area contributed by atoms with Crippen LogP contribution in [0.1, 0.15) is 39.5 Å². The van der Waals surface area contributed by atoms with Crippen LogP contribution < -0.4 is 10.3 Å². The molecule has 2 aromatic heterocycles. The fourth-order valence-electron chi connectivity index (χ4n) is 2.19. The molecular weight excluding hydrogens is 308 g/mol. The van der Waals surface area contributed by atoms with E-state index in [4.69, 9.17) is 16.3 Å². The van der Waals surface area contributed by atoms with Gasteiger partial charge in [-0.3, -0.25) is 9.36 Å². The summed E-state index contributed by atoms with van der Waals surface area (Å²) in [5, 5.41) is 0.589. The average Bonchev–Trinajstić information content (AvgIpc) is 3.06. The highest BCUT2D eigenvalue weighted by atomic mass is 35.5. The number of thiophene rings is 1. The standard InChI is InChI=1S/C15H19ClN2O2S/c1-3-4-7-18-13(19)10-8-11(16)21-12(10)17-14(18)20-9-15(2)5-6-15/h8H,3-7,9H2,1-2H3. The highest BCUT2D eigenvalue weighted by molar-refractivity contribution is 7.22. The van der Waals surface area contributed by atoms with Gasteiger partial charge in [0.15, 0.2) is 0 Å². The molecule has 0 saturated heterocycles. The van der Waals surface area contributed by atoms with E-state index in [2.05, 4.69) is 18.8 Å². The van der Waals surface area contributed by atoms with Crippen LogP contribution in [0.4, 0.5) is 0 Å². The van der Waals surface area contributed by atoms with E-state index < -0.39 is 0 Å². The second-order valence-electron chi connectivity index (χ2n) is 6.07. The van der Waals surface area contributed by atoms with E-state index in [9.17, 15) is 4.79 Å². The van der Waals surface area contributed by atoms with Gasteiger partial charge in [0.25, 0.3) is 5.56 Å². The second-order valence-corrected chi connectivity index (χ2v) is 7.74. The van der Waals surface area contributed by atoms with Crippen molar-refractivity contribution >= 4 is 33.2 Å². The Morgan fingerprint density at radius 2 is 2.29 bits per heavy atom. The fourth-order valence-corrected chi connectivity index (χ4v) is 3.26. The number of rotatable bonds is 6. The first-order valence-electron chi connectivity index (χ1n) is 7.35. The van der Waals surface area contributed by atoms with Crippen molar-refractivity contribution in [1.82, 2.24) is 9.55 Å². The van der Waals surface area contributed by atoms with E-state index >= 15 is 0 Å². The summed E-state index contributed by atoms with van der Waals surface area (Å²) < 4.78 is 8.11. The number of aromatic nitrogens is 2. The third-order valence-electron chi connectivity index (χ3n) is 3.97. The normalized spacial score (nSPS) is 16.3. The van der Waals surface area contributed by atoms with Gasteiger partial charge in [0, 0.05) is 12.0 Å². The molecule has 1 aliphatic carbocycles. The maximum Gasteiger partial charge on any atom is 0.300 e. The molecule has 0 N–H and O–H groups in total. The molecule has 0 bridgehead atoms. The minimum Gasteiger partial charge on any atom is -0.464 e. The van der Waals surface area contributed by atoms with Crippen LogP contribution in [0.15, 0.2) is 10.9 Å². The highest BCUT2D eigenvalue weighted by Crippen LogP contribution is 2.45. The van der Waals surface area contributed by atoms with Crippen LogP contribution in [0.25, 0.3) is 10.2 Å². The Kier molecular flexibility index (Phi) is 3.97. The molecule has 0 spiro atoms. The van der Waals surface area contributed by atoms with Crippen molar-refractivity contribution in [3.63, 3.8) is 0 Å². The first-order chi connectivity index (χ1) is 10.0. The third-order valence-corrected chi connectivity index (χ3v) is 5.13. The molecule has 0 amide bonds. The van der Waals surface area contributed by atoms with Crippen molar-refractivity contribution in [3.05, 3.63) is 20.8 Å². The van der Waals surface area contributed by atoms with Crippen molar-refractivity contribution in [2.45, 2.75) is 46.1 Å². The predicted octanol–water partition coefficient (Wildman–Crippen LogP) is 4.09. The maximum absolute atomic E-state index is 12.6. The zero-order chi connectivity index (χ0) is 15.0. The van der Waals surface area contributed by atoms with Gasteiger partial charge in [-0.15, -0.1) is 11.3 Å². The van der Waals surface area contributed by atoms with Gasteiger partial charge in [0.05, 0.1) is 16.3 Å². The van der Waals surface area contributed by atoms with Gasteiger partial charge in [-0.1, -0.05) is 31.9 Å². The average molecular weight is 327 g/mol. The number of nitrogens with zero attached hydrogens (tertiary/aromatic N) is 2. The molecule has 2 heterocycles. The van der Waals surface area contributed by atoms with Crippen LogP contribution in [0, 0.1) is 5.41 Å². The first kappa shape index (κ1) is 14.9. The van der Waals surface area contributed by atoms with Crippen molar-refractivity contribution in [2.75, 3.05) is 6.61 Å². The minimum atomic E-state index is -0.0486. The van der Waals surface area contributed by atoms with Crippen LogP contribution in [0.2, 0.25) is 4.34 Å². The summed E-state index contributed by atoms with van der Waals surface area (Å²) in [6.07, 6.45) is 4.31. The molecule has 2 aromatic rings. The highest BCUT2D eigenvalue weighted by Gasteiger charge is 2.38. The minimum absolute atomic E-state index is 0.0486. The molecule has 1 aliphatic rings. The molecule has 0 aromatic carbocycles. The summed E-state index contributed by atoms with van der Waals surface area (Å²) in [4.78, 5) is 17.8. The largest absolute Gasteiger partial charge is 0.464 e. The topological polar surface area (TPSA) is 44.1 Å². The number of halogens is 1. The van der Waals surface area contributed by atoms with Gasteiger partial charge >= 0.3 is 6.01 Å². The molecule has 114 valence electrons. The SMILES string of the molecule is CCCCn1c(OCC2(C)CC2)nc2sc(Cl)cc2c1=O. The number of hydrogen-bond acceptors (Lipinski definition) is 4. The van der Waals surface area contributed by atoms with Gasteiger partial charge in [0.1, 0.15) is 4.83 Å². The zero-order valence-corrected chi connectivity index (χ0v) is 13.9. The monoisotopic (exact) mass is 326 g/mol. The number of unbranched alkanes of at least 4 members (excludes halogenated alkanes) is 1. The van der Waals surface area contributed by atoms with Crippen LogP contribution in [-0.2, 0) is 6.54 Å². The van der Waals surface area contributed by atoms with Crippen molar-refractivity contribution < 1.29 is 4.74 Å². The van der Waals surface area contributed by atoms with E-state index in [1.807, 2.05) is 0 Å². The number of ether oxygens (including phenoxy) is 1. The Bertz CT molecular complexity index is 718. The maximum atomic E-state index is 12.6. The van der Waals surface area contributed by atoms with Gasteiger partial charge in [-0.25, -0.2) is 0 Å². The van der Waals surface area contributed by atoms with Crippen LogP contribution in [0.3, 0.4) is 0 Å². The quantitative estimate of drug-likeness (QED) is 0.803. The molecule has 1 fully saturated rings. The molecule has 0 unspecified atom stereocenters. The van der Waals surface area contributed by atoms with Gasteiger partial charge in [0.2, 0.25) is 0 Å². The van der Waals surface area contributed by atoms with Crippen LogP contribution in [0.5, 0.6) is 6.01 Å². The Labute approximate surface area is 132 Å². The molecular formula is C15H19ClN2O2S. The number of hydrogen-bond donors (Lipinski definition) is 0. The lowest BCUT2D eigenvalue weighted by atomic mass is 10.2. The molecule has 3 rings (SSSR count). The Balaban J connectivity index is 1.99. The predicted molar refractivity (Wildman–Crippen MR) is 86.6 cm³/mol. The van der Waals surface area contributed by atoms with Gasteiger partial charge < -0.3 is 4.74 Å². The van der Waals surface area contributed by atoms with Crippen molar-refractivity contribution in [1.29, 1.82) is 0 Å². The van der Waals surface area contributed by atoms with E-state index in [-0.39, 0.29) is 11.0 Å². The van der Waals surface area contributed by atoms with E-state index in [1.165, 1.54) is 24.2 Å². The van der Waals surface area contributed by atoms with Crippen LogP contribution in [-0.4, -0.2) is 16.2 Å². The van der Waals surface area contributed by atoms with E-state index in [0.717, 1.165) is 12.8 Å². The molecule has 0 aliphatic heterocycles. The van der Waals surface area contributed by atoms with Crippen molar-refractivity contribution in [2.24, 2.45) is 5.41 Å². The molecule has 0 atom stereocenters. The lowest BCUT2D eigenvalue weighted by Gasteiger charge is -2.15. The Morgan fingerprint density at radius 1 is 1.52 bits per heavy atom. The molecule has 0 radical (unpaired) electrons. The van der Waals surface area contributed by atoms with Crippen LogP contribution >= 0.6 is 22.9 Å². The third kappa shape index (κ3) is 3.09. The zero-order valence-electron chi connectivity index (χ0n) is 12.3. The summed E-state index contributed by atoms with van der Waals surface area (Å²) in [6.45, 7) is 5.56. The Hall–Kier alpha value is -1.07. The molecule has 21 heavy (non-hydrogen) atoms. The van der Waals surface area contributed by atoms with E-state index in [0.29, 0.717) is 33.7 Å². The van der Waals surface area contributed by atoms with E-state index in [1.54, 1.807) is 10.6 Å². The summed E-state index contributed by atoms with van der Waals surface area (Å²) in [5.41, 5.74) is 0.211. The lowest BCUT2D eigenvalue weighted by Crippen LogP contribution is -2.24. The summed E-state index contributed by atoms with van der Waals surface area (Å²) in [6, 6.07) is 2.14. The Morgan fingerprint density at radius 3 is 2.95 bits per heavy atom. The van der Waals surface area contributed by atoms with Crippen molar-refractivity contribution in [3.8, 4) is 6.01 Å². The fraction of sp³-hybridized carbons (Fsp3) is 0.600. The summed E-state index contributed by atoms with van der Waals surface area (Å²) >= 11 is 7.34. The summed E-state index contributed by atoms with van der Waals surface area (Å²) in [5.74, 6) is 0. The lowest BCUT2D eigenvalue weighted by molar-refractivity contribution is 0.216.